The van der Waals surface area contributed by atoms with Crippen LogP contribution >= 0.6 is 23.5 Å². The topological polar surface area (TPSA) is 58.2 Å². The average Bonchev–Trinajstić information content (AvgIpc) is 2.52. The molecule has 1 heterocycles. The van der Waals surface area contributed by atoms with Crippen LogP contribution in [0.5, 0.6) is 0 Å². The summed E-state index contributed by atoms with van der Waals surface area (Å²) in [6.45, 7) is 4.56. The predicted octanol–water partition coefficient (Wildman–Crippen LogP) is 2.40. The zero-order chi connectivity index (χ0) is 15.9. The Kier molecular flexibility index (Phi) is 13.1. The number of carbonyl (C=O) groups is 2. The van der Waals surface area contributed by atoms with Crippen LogP contribution < -0.4 is 10.6 Å². The van der Waals surface area contributed by atoms with Crippen molar-refractivity contribution in [2.75, 3.05) is 30.9 Å². The molecule has 0 radical (unpaired) electrons. The maximum atomic E-state index is 10.3. The molecule has 4 nitrogen and oxygen atoms in total. The van der Waals surface area contributed by atoms with Crippen LogP contribution in [0.4, 0.5) is 0 Å². The van der Waals surface area contributed by atoms with Gasteiger partial charge in [-0.3, -0.25) is 9.59 Å². The third-order valence-corrected chi connectivity index (χ3v) is 3.71. The zero-order valence-corrected chi connectivity index (χ0v) is 14.5. The van der Waals surface area contributed by atoms with E-state index in [0.717, 1.165) is 5.75 Å². The minimum Gasteiger partial charge on any atom is -0.346 e. The second-order valence-electron chi connectivity index (χ2n) is 3.88. The number of thioether (sulfide) groups is 2. The molecular weight excluding hydrogens is 304 g/mol. The molecule has 0 unspecified atom stereocenters. The summed E-state index contributed by atoms with van der Waals surface area (Å²) in [6, 6.07) is 10.4. The van der Waals surface area contributed by atoms with Crippen LogP contribution in [0.15, 0.2) is 35.2 Å². The van der Waals surface area contributed by atoms with E-state index in [1.165, 1.54) is 10.6 Å². The monoisotopic (exact) mass is 328 g/mol. The Balaban J connectivity index is 0.000000308. The van der Waals surface area contributed by atoms with Crippen molar-refractivity contribution >= 4 is 35.3 Å². The van der Waals surface area contributed by atoms with Crippen LogP contribution in [-0.4, -0.2) is 42.7 Å². The predicted molar refractivity (Wildman–Crippen MR) is 92.9 cm³/mol. The smallest absolute Gasteiger partial charge is 0.239 e. The van der Waals surface area contributed by atoms with Crippen molar-refractivity contribution in [1.29, 1.82) is 0 Å². The molecule has 1 aromatic rings. The van der Waals surface area contributed by atoms with E-state index < -0.39 is 0 Å². The van der Waals surface area contributed by atoms with E-state index >= 15 is 0 Å². The summed E-state index contributed by atoms with van der Waals surface area (Å²) < 4.78 is 0. The van der Waals surface area contributed by atoms with E-state index in [0.29, 0.717) is 0 Å². The molecule has 1 aromatic carbocycles. The summed E-state index contributed by atoms with van der Waals surface area (Å²) in [4.78, 5) is 21.9. The van der Waals surface area contributed by atoms with Gasteiger partial charge in [0.15, 0.2) is 0 Å². The largest absolute Gasteiger partial charge is 0.346 e. The van der Waals surface area contributed by atoms with E-state index in [1.807, 2.05) is 29.6 Å². The highest BCUT2D eigenvalue weighted by atomic mass is 32.2. The highest BCUT2D eigenvalue weighted by Crippen LogP contribution is 2.15. The summed E-state index contributed by atoms with van der Waals surface area (Å²) in [5.41, 5.74) is 0. The maximum absolute atomic E-state index is 10.3. The number of benzene rings is 1. The van der Waals surface area contributed by atoms with Crippen molar-refractivity contribution in [2.45, 2.75) is 18.7 Å². The summed E-state index contributed by atoms with van der Waals surface area (Å²) in [5.74, 6) is 2.15. The van der Waals surface area contributed by atoms with Gasteiger partial charge in [0.1, 0.15) is 0 Å². The molecule has 2 N–H and O–H groups in total. The Morgan fingerprint density at radius 1 is 0.952 bits per heavy atom. The van der Waals surface area contributed by atoms with Crippen LogP contribution in [0.25, 0.3) is 0 Å². The first kappa shape index (κ1) is 19.9. The number of nitrogens with one attached hydrogen (secondary N) is 2. The summed E-state index contributed by atoms with van der Waals surface area (Å²) >= 11 is 3.73. The van der Waals surface area contributed by atoms with E-state index in [4.69, 9.17) is 0 Å². The lowest BCUT2D eigenvalue weighted by Crippen LogP contribution is -2.48. The van der Waals surface area contributed by atoms with Gasteiger partial charge in [-0.15, -0.1) is 11.8 Å². The fourth-order valence-electron chi connectivity index (χ4n) is 1.17. The van der Waals surface area contributed by atoms with E-state index in [1.54, 1.807) is 0 Å². The van der Waals surface area contributed by atoms with Gasteiger partial charge in [0, 0.05) is 4.90 Å². The van der Waals surface area contributed by atoms with Gasteiger partial charge in [-0.2, -0.15) is 11.8 Å². The lowest BCUT2D eigenvalue weighted by Gasteiger charge is -2.10. The number of rotatable bonds is 3. The Morgan fingerprint density at radius 3 is 1.76 bits per heavy atom. The molecule has 2 amide bonds. The lowest BCUT2D eigenvalue weighted by atomic mass is 10.4. The van der Waals surface area contributed by atoms with Crippen LogP contribution in [0.3, 0.4) is 0 Å². The highest BCUT2D eigenvalue weighted by Gasteiger charge is 2.11. The molecular formula is C15H24N2O2S2. The van der Waals surface area contributed by atoms with E-state index in [2.05, 4.69) is 55.0 Å². The number of hydrogen-bond donors (Lipinski definition) is 2. The molecule has 0 aliphatic carbocycles. The minimum atomic E-state index is -0.121. The van der Waals surface area contributed by atoms with Gasteiger partial charge in [-0.25, -0.2) is 0 Å². The number of piperazine rings is 1. The maximum Gasteiger partial charge on any atom is 0.239 e. The third-order valence-electron chi connectivity index (χ3n) is 2.24. The molecule has 0 saturated carbocycles. The molecule has 1 saturated heterocycles. The van der Waals surface area contributed by atoms with Crippen molar-refractivity contribution < 1.29 is 9.59 Å². The molecule has 21 heavy (non-hydrogen) atoms. The quantitative estimate of drug-likeness (QED) is 0.837. The molecule has 1 fully saturated rings. The summed E-state index contributed by atoms with van der Waals surface area (Å²) in [6.07, 6.45) is 2.10. The fourth-order valence-corrected chi connectivity index (χ4v) is 1.85. The molecule has 1 aliphatic heterocycles. The van der Waals surface area contributed by atoms with E-state index in [-0.39, 0.29) is 24.9 Å². The SMILES string of the molecule is CCSC.CCSc1ccccc1.O=C1CNC(=O)CN1. The first-order valence-corrected chi connectivity index (χ1v) is 9.22. The Bertz CT molecular complexity index is 370. The van der Waals surface area contributed by atoms with Gasteiger partial charge in [0.2, 0.25) is 11.8 Å². The van der Waals surface area contributed by atoms with Crippen LogP contribution in [0.2, 0.25) is 0 Å². The average molecular weight is 329 g/mol. The molecule has 1 aliphatic rings. The minimum absolute atomic E-state index is 0.121. The Labute approximate surface area is 135 Å². The lowest BCUT2D eigenvalue weighted by molar-refractivity contribution is -0.130. The summed E-state index contributed by atoms with van der Waals surface area (Å²) in [5, 5.41) is 4.76. The first-order chi connectivity index (χ1) is 10.1. The van der Waals surface area contributed by atoms with Crippen molar-refractivity contribution in [3.8, 4) is 0 Å². The second kappa shape index (κ2) is 13.8. The Hall–Kier alpha value is -1.14. The van der Waals surface area contributed by atoms with Gasteiger partial charge in [0.25, 0.3) is 0 Å². The molecule has 0 atom stereocenters. The van der Waals surface area contributed by atoms with Gasteiger partial charge >= 0.3 is 0 Å². The third kappa shape index (κ3) is 12.3. The first-order valence-electron chi connectivity index (χ1n) is 6.84. The molecule has 0 bridgehead atoms. The van der Waals surface area contributed by atoms with Crippen molar-refractivity contribution in [1.82, 2.24) is 10.6 Å². The Morgan fingerprint density at radius 2 is 1.43 bits per heavy atom. The standard InChI is InChI=1S/C8H10S.C4H6N2O2.C3H8S/c1-2-9-8-6-4-3-5-7-8;7-3-1-5-4(8)2-6-3;1-3-4-2/h3-7H,2H2,1H3;1-2H2,(H,5,8)(H,6,7);3H2,1-2H3. The number of carbonyl (C=O) groups excluding carboxylic acids is 2. The van der Waals surface area contributed by atoms with Gasteiger partial charge in [-0.05, 0) is 29.9 Å². The van der Waals surface area contributed by atoms with Crippen molar-refractivity contribution in [3.63, 3.8) is 0 Å². The van der Waals surface area contributed by atoms with Crippen LogP contribution in [0, 0.1) is 0 Å². The van der Waals surface area contributed by atoms with E-state index in [9.17, 15) is 9.59 Å². The fraction of sp³-hybridized carbons (Fsp3) is 0.467. The van der Waals surface area contributed by atoms with Gasteiger partial charge < -0.3 is 10.6 Å². The normalized spacial score (nSPS) is 12.9. The molecule has 2 rings (SSSR count). The van der Waals surface area contributed by atoms with Crippen molar-refractivity contribution in [2.24, 2.45) is 0 Å². The van der Waals surface area contributed by atoms with Crippen LogP contribution in [0.1, 0.15) is 13.8 Å². The molecule has 118 valence electrons. The molecule has 0 spiro atoms. The molecule has 0 aromatic heterocycles. The molecule has 6 heteroatoms. The zero-order valence-electron chi connectivity index (χ0n) is 12.8. The second-order valence-corrected chi connectivity index (χ2v) is 6.37. The highest BCUT2D eigenvalue weighted by molar-refractivity contribution is 7.99. The van der Waals surface area contributed by atoms with Gasteiger partial charge in [0.05, 0.1) is 13.1 Å². The van der Waals surface area contributed by atoms with Crippen molar-refractivity contribution in [3.05, 3.63) is 30.3 Å². The van der Waals surface area contributed by atoms with Gasteiger partial charge in [-0.1, -0.05) is 32.0 Å². The number of amides is 2. The summed E-state index contributed by atoms with van der Waals surface area (Å²) in [7, 11) is 0. The number of hydrogen-bond acceptors (Lipinski definition) is 4. The van der Waals surface area contributed by atoms with Crippen LogP contribution in [-0.2, 0) is 9.59 Å².